The molecule has 1 saturated heterocycles. The average molecular weight is 481 g/mol. The number of hydrogen-bond donors (Lipinski definition) is 0. The van der Waals surface area contributed by atoms with Crippen LogP contribution in [0.5, 0.6) is 0 Å². The van der Waals surface area contributed by atoms with Gasteiger partial charge in [0.15, 0.2) is 6.29 Å². The van der Waals surface area contributed by atoms with Gasteiger partial charge in [0, 0.05) is 6.61 Å². The van der Waals surface area contributed by atoms with Gasteiger partial charge >= 0.3 is 0 Å². The third-order valence-corrected chi connectivity index (χ3v) is 10.2. The highest BCUT2D eigenvalue weighted by atomic mass is 19.3. The van der Waals surface area contributed by atoms with E-state index >= 15 is 0 Å². The maximum atomic E-state index is 12.3. The van der Waals surface area contributed by atoms with Gasteiger partial charge in [0.1, 0.15) is 0 Å². The molecule has 0 bridgehead atoms. The normalized spacial score (nSPS) is 39.5. The summed E-state index contributed by atoms with van der Waals surface area (Å²) in [6, 6.07) is 0. The molecule has 1 aliphatic heterocycles. The highest BCUT2D eigenvalue weighted by Gasteiger charge is 2.36. The Morgan fingerprint density at radius 2 is 1.18 bits per heavy atom. The molecule has 2 atom stereocenters. The van der Waals surface area contributed by atoms with E-state index in [0.29, 0.717) is 12.3 Å². The molecule has 0 N–H and O–H groups in total. The lowest BCUT2D eigenvalue weighted by atomic mass is 9.64. The molecule has 0 aromatic rings. The van der Waals surface area contributed by atoms with Crippen LogP contribution < -0.4 is 0 Å². The van der Waals surface area contributed by atoms with Crippen molar-refractivity contribution in [1.29, 1.82) is 0 Å². The lowest BCUT2D eigenvalue weighted by Crippen LogP contribution is -2.35. The standard InChI is InChI=1S/C30H50F2O2/c1-2-20-33-30-19-18-28(21-34-30)27-16-14-26(15-17-27)25-12-10-24(11-13-25)23-8-6-22(7-9-23)4-3-5-29(31)32/h5,22-28,30H,2-4,6-21H2,1H3. The fourth-order valence-corrected chi connectivity index (χ4v) is 8.05. The summed E-state index contributed by atoms with van der Waals surface area (Å²) in [6.07, 6.45) is 21.4. The molecule has 196 valence electrons. The second-order valence-electron chi connectivity index (χ2n) is 12.2. The van der Waals surface area contributed by atoms with Gasteiger partial charge in [-0.05, 0) is 144 Å². The van der Waals surface area contributed by atoms with Gasteiger partial charge in [0.25, 0.3) is 6.08 Å². The van der Waals surface area contributed by atoms with Gasteiger partial charge in [-0.15, -0.1) is 0 Å². The van der Waals surface area contributed by atoms with Crippen LogP contribution in [0.15, 0.2) is 12.2 Å². The van der Waals surface area contributed by atoms with Crippen molar-refractivity contribution >= 4 is 0 Å². The van der Waals surface area contributed by atoms with Crippen LogP contribution in [0.3, 0.4) is 0 Å². The van der Waals surface area contributed by atoms with Gasteiger partial charge in [-0.2, -0.15) is 8.78 Å². The zero-order valence-corrected chi connectivity index (χ0v) is 21.7. The molecule has 3 aliphatic carbocycles. The quantitative estimate of drug-likeness (QED) is 0.327. The van der Waals surface area contributed by atoms with E-state index in [9.17, 15) is 8.78 Å². The third kappa shape index (κ3) is 7.76. The van der Waals surface area contributed by atoms with Crippen LogP contribution in [0.25, 0.3) is 0 Å². The number of ether oxygens (including phenoxy) is 2. The van der Waals surface area contributed by atoms with Crippen molar-refractivity contribution in [2.24, 2.45) is 41.4 Å². The maximum absolute atomic E-state index is 12.3. The van der Waals surface area contributed by atoms with Crippen molar-refractivity contribution in [2.75, 3.05) is 13.2 Å². The molecule has 4 heteroatoms. The second-order valence-corrected chi connectivity index (χ2v) is 12.2. The molecule has 0 aromatic carbocycles. The molecular formula is C30H50F2O2. The molecule has 0 amide bonds. The van der Waals surface area contributed by atoms with E-state index in [-0.39, 0.29) is 6.29 Å². The Kier molecular flexibility index (Phi) is 10.7. The number of rotatable bonds is 9. The molecule has 34 heavy (non-hydrogen) atoms. The highest BCUT2D eigenvalue weighted by molar-refractivity contribution is 4.88. The van der Waals surface area contributed by atoms with Crippen LogP contribution in [0.1, 0.15) is 116 Å². The first-order valence-corrected chi connectivity index (χ1v) is 14.9. The predicted molar refractivity (Wildman–Crippen MR) is 135 cm³/mol. The van der Waals surface area contributed by atoms with E-state index in [1.165, 1.54) is 83.5 Å². The van der Waals surface area contributed by atoms with Gasteiger partial charge in [-0.1, -0.05) is 19.8 Å². The van der Waals surface area contributed by atoms with Gasteiger partial charge in [0.2, 0.25) is 0 Å². The fraction of sp³-hybridized carbons (Fsp3) is 0.933. The molecule has 0 aromatic heterocycles. The predicted octanol–water partition coefficient (Wildman–Crippen LogP) is 9.15. The van der Waals surface area contributed by atoms with Crippen LogP contribution in [0.2, 0.25) is 0 Å². The van der Waals surface area contributed by atoms with Crippen LogP contribution in [-0.4, -0.2) is 19.5 Å². The molecule has 0 radical (unpaired) electrons. The minimum Gasteiger partial charge on any atom is -0.353 e. The second kappa shape index (κ2) is 13.7. The van der Waals surface area contributed by atoms with Crippen LogP contribution in [-0.2, 0) is 9.47 Å². The first kappa shape index (κ1) is 26.6. The molecule has 4 fully saturated rings. The van der Waals surface area contributed by atoms with E-state index < -0.39 is 6.08 Å². The largest absolute Gasteiger partial charge is 0.353 e. The highest BCUT2D eigenvalue weighted by Crippen LogP contribution is 2.47. The number of allylic oxidation sites excluding steroid dienone is 1. The molecule has 2 nitrogen and oxygen atoms in total. The summed E-state index contributed by atoms with van der Waals surface area (Å²) < 4.78 is 36.4. The lowest BCUT2D eigenvalue weighted by molar-refractivity contribution is -0.181. The Bertz CT molecular complexity index is 587. The van der Waals surface area contributed by atoms with E-state index in [4.69, 9.17) is 9.47 Å². The smallest absolute Gasteiger partial charge is 0.266 e. The monoisotopic (exact) mass is 480 g/mol. The summed E-state index contributed by atoms with van der Waals surface area (Å²) in [4.78, 5) is 0. The zero-order valence-electron chi connectivity index (χ0n) is 21.7. The van der Waals surface area contributed by atoms with Crippen molar-refractivity contribution in [3.05, 3.63) is 12.2 Å². The Morgan fingerprint density at radius 1 is 0.706 bits per heavy atom. The minimum absolute atomic E-state index is 0.0564. The van der Waals surface area contributed by atoms with Gasteiger partial charge in [0.05, 0.1) is 6.61 Å². The zero-order chi connectivity index (χ0) is 23.8. The van der Waals surface area contributed by atoms with Crippen LogP contribution in [0.4, 0.5) is 8.78 Å². The summed E-state index contributed by atoms with van der Waals surface area (Å²) in [5.74, 6) is 6.14. The molecular weight excluding hydrogens is 430 g/mol. The van der Waals surface area contributed by atoms with Crippen molar-refractivity contribution in [3.8, 4) is 0 Å². The van der Waals surface area contributed by atoms with E-state index in [1.54, 1.807) is 0 Å². The topological polar surface area (TPSA) is 18.5 Å². The average Bonchev–Trinajstić information content (AvgIpc) is 2.88. The first-order chi connectivity index (χ1) is 16.6. The number of halogens is 2. The summed E-state index contributed by atoms with van der Waals surface area (Å²) in [6.45, 7) is 3.90. The molecule has 4 rings (SSSR count). The summed E-state index contributed by atoms with van der Waals surface area (Å²) in [5, 5.41) is 0. The van der Waals surface area contributed by atoms with Gasteiger partial charge in [-0.25, -0.2) is 0 Å². The third-order valence-electron chi connectivity index (χ3n) is 10.2. The summed E-state index contributed by atoms with van der Waals surface area (Å²) in [7, 11) is 0. The van der Waals surface area contributed by atoms with Crippen LogP contribution >= 0.6 is 0 Å². The molecule has 2 unspecified atom stereocenters. The molecule has 0 spiro atoms. The Hall–Kier alpha value is -0.480. The van der Waals surface area contributed by atoms with Crippen molar-refractivity contribution in [3.63, 3.8) is 0 Å². The van der Waals surface area contributed by atoms with Gasteiger partial charge < -0.3 is 9.47 Å². The Morgan fingerprint density at radius 3 is 1.62 bits per heavy atom. The molecule has 3 saturated carbocycles. The fourth-order valence-electron chi connectivity index (χ4n) is 8.05. The molecule has 4 aliphatic rings. The first-order valence-electron chi connectivity index (χ1n) is 14.9. The maximum Gasteiger partial charge on any atom is 0.266 e. The summed E-state index contributed by atoms with van der Waals surface area (Å²) >= 11 is 0. The van der Waals surface area contributed by atoms with Crippen molar-refractivity contribution in [1.82, 2.24) is 0 Å². The lowest BCUT2D eigenvalue weighted by Gasteiger charge is -2.43. The molecule has 1 heterocycles. The van der Waals surface area contributed by atoms with E-state index in [1.807, 2.05) is 0 Å². The Balaban J connectivity index is 1.10. The SMILES string of the molecule is CCCOC1CCC(C2CCC(C3CCC(C4CCC(CCC=C(F)F)CC4)CC3)CC2)CO1. The van der Waals surface area contributed by atoms with Crippen molar-refractivity contribution in [2.45, 2.75) is 122 Å². The van der Waals surface area contributed by atoms with Crippen LogP contribution in [0, 0.1) is 41.4 Å². The summed E-state index contributed by atoms with van der Waals surface area (Å²) in [5.41, 5.74) is 0. The number of hydrogen-bond acceptors (Lipinski definition) is 2. The van der Waals surface area contributed by atoms with E-state index in [0.717, 1.165) is 74.1 Å². The van der Waals surface area contributed by atoms with Gasteiger partial charge in [-0.3, -0.25) is 0 Å². The minimum atomic E-state index is -1.51. The van der Waals surface area contributed by atoms with E-state index in [2.05, 4.69) is 6.92 Å². The van der Waals surface area contributed by atoms with Crippen molar-refractivity contribution < 1.29 is 18.3 Å². The Labute approximate surface area is 207 Å².